The Hall–Kier alpha value is -1.10. The first kappa shape index (κ1) is 12.0. The standard InChI is InChI=1S/C10H18N2O3/c1-7(2)5-12-6-8(3-10(14)15)11-4-9(12)13/h7-8,11H,3-6H2,1-2H3,(H,14,15). The van der Waals surface area contributed by atoms with E-state index in [1.165, 1.54) is 0 Å². The van der Waals surface area contributed by atoms with Crippen LogP contribution in [0.1, 0.15) is 20.3 Å². The van der Waals surface area contributed by atoms with Crippen LogP contribution in [-0.2, 0) is 9.59 Å². The number of piperazine rings is 1. The number of carbonyl (C=O) groups is 2. The lowest BCUT2D eigenvalue weighted by Gasteiger charge is -2.33. The fourth-order valence-corrected chi connectivity index (χ4v) is 1.74. The molecule has 15 heavy (non-hydrogen) atoms. The first-order valence-corrected chi connectivity index (χ1v) is 5.22. The van der Waals surface area contributed by atoms with Crippen molar-refractivity contribution in [3.63, 3.8) is 0 Å². The van der Waals surface area contributed by atoms with Crippen molar-refractivity contribution in [2.75, 3.05) is 19.6 Å². The van der Waals surface area contributed by atoms with Crippen molar-refractivity contribution in [1.29, 1.82) is 0 Å². The van der Waals surface area contributed by atoms with Gasteiger partial charge in [-0.05, 0) is 5.92 Å². The lowest BCUT2D eigenvalue weighted by atomic mass is 10.1. The van der Waals surface area contributed by atoms with Gasteiger partial charge in [-0.1, -0.05) is 13.8 Å². The number of carboxylic acid groups (broad SMARTS) is 1. The minimum atomic E-state index is -0.827. The van der Waals surface area contributed by atoms with Crippen molar-refractivity contribution in [3.8, 4) is 0 Å². The van der Waals surface area contributed by atoms with Crippen LogP contribution in [0.4, 0.5) is 0 Å². The Bertz CT molecular complexity index is 253. The predicted octanol–water partition coefficient (Wildman–Crippen LogP) is -0.0825. The largest absolute Gasteiger partial charge is 0.481 e. The molecule has 0 aromatic heterocycles. The summed E-state index contributed by atoms with van der Waals surface area (Å²) < 4.78 is 0. The summed E-state index contributed by atoms with van der Waals surface area (Å²) in [5.41, 5.74) is 0. The molecule has 1 amide bonds. The fraction of sp³-hybridized carbons (Fsp3) is 0.800. The molecule has 0 aliphatic carbocycles. The van der Waals surface area contributed by atoms with E-state index in [-0.39, 0.29) is 24.9 Å². The molecule has 2 N–H and O–H groups in total. The van der Waals surface area contributed by atoms with E-state index in [4.69, 9.17) is 5.11 Å². The average Bonchev–Trinajstić information content (AvgIpc) is 2.09. The lowest BCUT2D eigenvalue weighted by molar-refractivity contribution is -0.140. The zero-order valence-electron chi connectivity index (χ0n) is 9.19. The highest BCUT2D eigenvalue weighted by molar-refractivity contribution is 5.79. The van der Waals surface area contributed by atoms with E-state index in [1.54, 1.807) is 4.90 Å². The third kappa shape index (κ3) is 3.87. The molecular weight excluding hydrogens is 196 g/mol. The molecular formula is C10H18N2O3. The molecule has 1 fully saturated rings. The van der Waals surface area contributed by atoms with Gasteiger partial charge >= 0.3 is 5.97 Å². The molecule has 0 saturated carbocycles. The van der Waals surface area contributed by atoms with Crippen LogP contribution in [0.2, 0.25) is 0 Å². The Kier molecular flexibility index (Phi) is 4.08. The number of hydrogen-bond donors (Lipinski definition) is 2. The third-order valence-electron chi connectivity index (χ3n) is 2.34. The minimum Gasteiger partial charge on any atom is -0.481 e. The maximum Gasteiger partial charge on any atom is 0.304 e. The topological polar surface area (TPSA) is 69.6 Å². The van der Waals surface area contributed by atoms with Crippen molar-refractivity contribution in [2.45, 2.75) is 26.3 Å². The van der Waals surface area contributed by atoms with Gasteiger partial charge in [0.15, 0.2) is 0 Å². The first-order chi connectivity index (χ1) is 6.99. The minimum absolute atomic E-state index is 0.0605. The smallest absolute Gasteiger partial charge is 0.304 e. The van der Waals surface area contributed by atoms with Crippen LogP contribution >= 0.6 is 0 Å². The van der Waals surface area contributed by atoms with E-state index in [0.717, 1.165) is 0 Å². The van der Waals surface area contributed by atoms with Crippen LogP contribution in [0, 0.1) is 5.92 Å². The second-order valence-electron chi connectivity index (χ2n) is 4.37. The molecule has 0 bridgehead atoms. The molecule has 0 aromatic rings. The number of aliphatic carboxylic acids is 1. The molecule has 1 heterocycles. The van der Waals surface area contributed by atoms with Gasteiger partial charge in [-0.3, -0.25) is 9.59 Å². The summed E-state index contributed by atoms with van der Waals surface area (Å²) in [6, 6.07) is -0.112. The Morgan fingerprint density at radius 2 is 2.33 bits per heavy atom. The van der Waals surface area contributed by atoms with Gasteiger partial charge in [-0.15, -0.1) is 0 Å². The van der Waals surface area contributed by atoms with Crippen molar-refractivity contribution in [2.24, 2.45) is 5.92 Å². The van der Waals surface area contributed by atoms with Gasteiger partial charge in [-0.25, -0.2) is 0 Å². The Labute approximate surface area is 89.4 Å². The van der Waals surface area contributed by atoms with E-state index in [9.17, 15) is 9.59 Å². The zero-order chi connectivity index (χ0) is 11.4. The average molecular weight is 214 g/mol. The molecule has 0 aromatic carbocycles. The van der Waals surface area contributed by atoms with Gasteiger partial charge in [0, 0.05) is 19.1 Å². The Balaban J connectivity index is 2.48. The highest BCUT2D eigenvalue weighted by atomic mass is 16.4. The molecule has 5 heteroatoms. The second kappa shape index (κ2) is 5.11. The number of carboxylic acids is 1. The van der Waals surface area contributed by atoms with E-state index in [0.29, 0.717) is 19.0 Å². The fourth-order valence-electron chi connectivity index (χ4n) is 1.74. The van der Waals surface area contributed by atoms with E-state index < -0.39 is 5.97 Å². The van der Waals surface area contributed by atoms with E-state index in [1.807, 2.05) is 13.8 Å². The summed E-state index contributed by atoms with van der Waals surface area (Å²) >= 11 is 0. The number of rotatable bonds is 4. The Morgan fingerprint density at radius 3 is 2.87 bits per heavy atom. The lowest BCUT2D eigenvalue weighted by Crippen LogP contribution is -2.55. The highest BCUT2D eigenvalue weighted by Crippen LogP contribution is 2.07. The quantitative estimate of drug-likeness (QED) is 0.686. The number of carbonyl (C=O) groups excluding carboxylic acids is 1. The molecule has 1 saturated heterocycles. The van der Waals surface area contributed by atoms with Crippen molar-refractivity contribution < 1.29 is 14.7 Å². The summed E-state index contributed by atoms with van der Waals surface area (Å²) in [6.45, 7) is 5.55. The molecule has 1 unspecified atom stereocenters. The molecule has 0 spiro atoms. The van der Waals surface area contributed by atoms with Gasteiger partial charge in [0.2, 0.25) is 5.91 Å². The zero-order valence-corrected chi connectivity index (χ0v) is 9.19. The monoisotopic (exact) mass is 214 g/mol. The van der Waals surface area contributed by atoms with Crippen LogP contribution < -0.4 is 5.32 Å². The summed E-state index contributed by atoms with van der Waals surface area (Å²) in [5, 5.41) is 11.6. The van der Waals surface area contributed by atoms with Crippen LogP contribution in [0.5, 0.6) is 0 Å². The van der Waals surface area contributed by atoms with Gasteiger partial charge in [0.25, 0.3) is 0 Å². The van der Waals surface area contributed by atoms with Crippen molar-refractivity contribution in [1.82, 2.24) is 10.2 Å². The maximum absolute atomic E-state index is 11.5. The number of amides is 1. The first-order valence-electron chi connectivity index (χ1n) is 5.22. The summed E-state index contributed by atoms with van der Waals surface area (Å²) in [4.78, 5) is 23.8. The summed E-state index contributed by atoms with van der Waals surface area (Å²) in [5.74, 6) is -0.353. The number of nitrogens with zero attached hydrogens (tertiary/aromatic N) is 1. The van der Waals surface area contributed by atoms with Crippen molar-refractivity contribution >= 4 is 11.9 Å². The van der Waals surface area contributed by atoms with Gasteiger partial charge in [0.1, 0.15) is 0 Å². The van der Waals surface area contributed by atoms with Gasteiger partial charge in [0.05, 0.1) is 13.0 Å². The molecule has 0 radical (unpaired) electrons. The molecule has 86 valence electrons. The van der Waals surface area contributed by atoms with Crippen LogP contribution in [0.3, 0.4) is 0 Å². The number of hydrogen-bond acceptors (Lipinski definition) is 3. The van der Waals surface area contributed by atoms with Crippen LogP contribution in [-0.4, -0.2) is 47.6 Å². The maximum atomic E-state index is 11.5. The van der Waals surface area contributed by atoms with Gasteiger partial charge < -0.3 is 15.3 Å². The second-order valence-corrected chi connectivity index (χ2v) is 4.37. The molecule has 5 nitrogen and oxygen atoms in total. The van der Waals surface area contributed by atoms with E-state index >= 15 is 0 Å². The SMILES string of the molecule is CC(C)CN1CC(CC(=O)O)NCC1=O. The molecule has 1 atom stereocenters. The third-order valence-corrected chi connectivity index (χ3v) is 2.34. The summed E-state index contributed by atoms with van der Waals surface area (Å²) in [7, 11) is 0. The van der Waals surface area contributed by atoms with Crippen molar-refractivity contribution in [3.05, 3.63) is 0 Å². The highest BCUT2D eigenvalue weighted by Gasteiger charge is 2.26. The molecule has 1 rings (SSSR count). The van der Waals surface area contributed by atoms with Crippen LogP contribution in [0.25, 0.3) is 0 Å². The molecule has 1 aliphatic heterocycles. The van der Waals surface area contributed by atoms with Gasteiger partial charge in [-0.2, -0.15) is 0 Å². The normalized spacial score (nSPS) is 22.2. The molecule has 1 aliphatic rings. The summed E-state index contributed by atoms with van der Waals surface area (Å²) in [6.07, 6.45) is 0.0713. The van der Waals surface area contributed by atoms with E-state index in [2.05, 4.69) is 5.32 Å². The Morgan fingerprint density at radius 1 is 1.67 bits per heavy atom. The van der Waals surface area contributed by atoms with Crippen LogP contribution in [0.15, 0.2) is 0 Å². The predicted molar refractivity (Wildman–Crippen MR) is 55.5 cm³/mol. The number of nitrogens with one attached hydrogen (secondary N) is 1.